The maximum Gasteiger partial charge on any atom is 0.208 e. The first kappa shape index (κ1) is 11.9. The summed E-state index contributed by atoms with van der Waals surface area (Å²) < 4.78 is 19.3. The van der Waals surface area contributed by atoms with Gasteiger partial charge in [-0.3, -0.25) is 0 Å². The fraction of sp³-hybridized carbons (Fsp3) is 0.308. The van der Waals surface area contributed by atoms with Crippen molar-refractivity contribution in [1.82, 2.24) is 10.3 Å². The van der Waals surface area contributed by atoms with Crippen LogP contribution in [0.1, 0.15) is 18.7 Å². The lowest BCUT2D eigenvalue weighted by molar-refractivity contribution is 0.476. The standard InChI is InChI=1S/C13H12BrFN2O/c14-11-5-8(15)1-4-10(11)12-6-17-13(18-12)7-16-9-2-3-9/h1,4-6,9,16H,2-3,7H2. The first-order valence-corrected chi connectivity index (χ1v) is 6.65. The molecule has 1 saturated carbocycles. The predicted octanol–water partition coefficient (Wildman–Crippen LogP) is 3.50. The summed E-state index contributed by atoms with van der Waals surface area (Å²) in [5.74, 6) is 1.03. The molecule has 0 amide bonds. The van der Waals surface area contributed by atoms with Crippen LogP contribution >= 0.6 is 15.9 Å². The van der Waals surface area contributed by atoms with Gasteiger partial charge in [-0.1, -0.05) is 0 Å². The largest absolute Gasteiger partial charge is 0.439 e. The zero-order valence-corrected chi connectivity index (χ0v) is 11.2. The summed E-state index contributed by atoms with van der Waals surface area (Å²) >= 11 is 3.32. The highest BCUT2D eigenvalue weighted by Crippen LogP contribution is 2.29. The van der Waals surface area contributed by atoms with Gasteiger partial charge in [0, 0.05) is 16.1 Å². The molecule has 1 aromatic carbocycles. The van der Waals surface area contributed by atoms with Crippen LogP contribution in [-0.2, 0) is 6.54 Å². The molecule has 3 nitrogen and oxygen atoms in total. The van der Waals surface area contributed by atoms with E-state index in [9.17, 15) is 4.39 Å². The van der Waals surface area contributed by atoms with E-state index in [4.69, 9.17) is 4.42 Å². The Morgan fingerprint density at radius 3 is 3.00 bits per heavy atom. The van der Waals surface area contributed by atoms with Crippen LogP contribution in [0.4, 0.5) is 4.39 Å². The van der Waals surface area contributed by atoms with Crippen LogP contribution in [0.5, 0.6) is 0 Å². The Morgan fingerprint density at radius 1 is 1.44 bits per heavy atom. The van der Waals surface area contributed by atoms with Crippen molar-refractivity contribution in [3.63, 3.8) is 0 Å². The second kappa shape index (κ2) is 4.82. The van der Waals surface area contributed by atoms with E-state index < -0.39 is 0 Å². The van der Waals surface area contributed by atoms with Crippen molar-refractivity contribution in [3.8, 4) is 11.3 Å². The topological polar surface area (TPSA) is 38.1 Å². The van der Waals surface area contributed by atoms with Crippen molar-refractivity contribution >= 4 is 15.9 Å². The average Bonchev–Trinajstić information content (AvgIpc) is 3.05. The summed E-state index contributed by atoms with van der Waals surface area (Å²) in [7, 11) is 0. The van der Waals surface area contributed by atoms with E-state index in [1.165, 1.54) is 25.0 Å². The molecule has 1 N–H and O–H groups in total. The first-order valence-electron chi connectivity index (χ1n) is 5.86. The number of hydrogen-bond donors (Lipinski definition) is 1. The van der Waals surface area contributed by atoms with E-state index in [2.05, 4.69) is 26.2 Å². The molecule has 0 unspecified atom stereocenters. The van der Waals surface area contributed by atoms with Gasteiger partial charge in [0.2, 0.25) is 5.89 Å². The first-order chi connectivity index (χ1) is 8.72. The maximum absolute atomic E-state index is 13.0. The molecule has 1 aliphatic carbocycles. The molecule has 0 spiro atoms. The van der Waals surface area contributed by atoms with Gasteiger partial charge in [0.15, 0.2) is 5.76 Å². The van der Waals surface area contributed by atoms with E-state index in [0.29, 0.717) is 28.7 Å². The SMILES string of the molecule is Fc1ccc(-c2cnc(CNC3CC3)o2)c(Br)c1. The smallest absolute Gasteiger partial charge is 0.208 e. The van der Waals surface area contributed by atoms with Crippen LogP contribution in [-0.4, -0.2) is 11.0 Å². The van der Waals surface area contributed by atoms with Crippen molar-refractivity contribution in [3.05, 3.63) is 40.6 Å². The maximum atomic E-state index is 13.0. The Kier molecular flexibility index (Phi) is 3.18. The minimum Gasteiger partial charge on any atom is -0.439 e. The molecule has 18 heavy (non-hydrogen) atoms. The van der Waals surface area contributed by atoms with Crippen LogP contribution < -0.4 is 5.32 Å². The molecule has 1 heterocycles. The fourth-order valence-electron chi connectivity index (χ4n) is 1.72. The predicted molar refractivity (Wildman–Crippen MR) is 69.5 cm³/mol. The van der Waals surface area contributed by atoms with Crippen molar-refractivity contribution in [1.29, 1.82) is 0 Å². The number of oxazole rings is 1. The van der Waals surface area contributed by atoms with Crippen molar-refractivity contribution < 1.29 is 8.81 Å². The van der Waals surface area contributed by atoms with E-state index in [0.717, 1.165) is 5.56 Å². The number of halogens is 2. The molecular formula is C13H12BrFN2O. The molecule has 94 valence electrons. The quantitative estimate of drug-likeness (QED) is 0.939. The van der Waals surface area contributed by atoms with Gasteiger partial charge in [0.25, 0.3) is 0 Å². The fourth-order valence-corrected chi connectivity index (χ4v) is 2.27. The average molecular weight is 311 g/mol. The van der Waals surface area contributed by atoms with Crippen LogP contribution in [0.25, 0.3) is 11.3 Å². The molecule has 1 aromatic heterocycles. The lowest BCUT2D eigenvalue weighted by Gasteiger charge is -2.00. The van der Waals surface area contributed by atoms with Crippen LogP contribution in [0.2, 0.25) is 0 Å². The van der Waals surface area contributed by atoms with Crippen LogP contribution in [0.15, 0.2) is 33.3 Å². The molecule has 0 saturated heterocycles. The summed E-state index contributed by atoms with van der Waals surface area (Å²) in [4.78, 5) is 4.21. The number of aromatic nitrogens is 1. The van der Waals surface area contributed by atoms with Gasteiger partial charge in [0.1, 0.15) is 5.82 Å². The highest BCUT2D eigenvalue weighted by atomic mass is 79.9. The molecule has 0 atom stereocenters. The minimum absolute atomic E-state index is 0.277. The van der Waals surface area contributed by atoms with Gasteiger partial charge in [-0.05, 0) is 47.0 Å². The Labute approximate surface area is 113 Å². The van der Waals surface area contributed by atoms with Gasteiger partial charge < -0.3 is 9.73 Å². The van der Waals surface area contributed by atoms with E-state index in [-0.39, 0.29) is 5.82 Å². The molecule has 3 rings (SSSR count). The zero-order valence-electron chi connectivity index (χ0n) is 9.62. The Balaban J connectivity index is 1.78. The Bertz CT molecular complexity index is 566. The monoisotopic (exact) mass is 310 g/mol. The zero-order chi connectivity index (χ0) is 12.5. The summed E-state index contributed by atoms with van der Waals surface area (Å²) in [6, 6.07) is 5.13. The summed E-state index contributed by atoms with van der Waals surface area (Å²) in [5, 5.41) is 3.33. The molecular weight excluding hydrogens is 299 g/mol. The van der Waals surface area contributed by atoms with Crippen LogP contribution in [0.3, 0.4) is 0 Å². The lowest BCUT2D eigenvalue weighted by atomic mass is 10.2. The summed E-state index contributed by atoms with van der Waals surface area (Å²) in [6.45, 7) is 0.642. The lowest BCUT2D eigenvalue weighted by Crippen LogP contribution is -2.15. The molecule has 2 aromatic rings. The van der Waals surface area contributed by atoms with Crippen molar-refractivity contribution in [2.24, 2.45) is 0 Å². The number of rotatable bonds is 4. The molecule has 0 radical (unpaired) electrons. The minimum atomic E-state index is -0.277. The number of nitrogens with one attached hydrogen (secondary N) is 1. The summed E-state index contributed by atoms with van der Waals surface area (Å²) in [6.07, 6.45) is 4.13. The van der Waals surface area contributed by atoms with Gasteiger partial charge in [-0.2, -0.15) is 0 Å². The number of hydrogen-bond acceptors (Lipinski definition) is 3. The molecule has 0 bridgehead atoms. The summed E-state index contributed by atoms with van der Waals surface area (Å²) in [5.41, 5.74) is 0.807. The molecule has 1 aliphatic rings. The van der Waals surface area contributed by atoms with E-state index in [1.54, 1.807) is 12.3 Å². The van der Waals surface area contributed by atoms with Gasteiger partial charge in [-0.25, -0.2) is 9.37 Å². The highest BCUT2D eigenvalue weighted by Gasteiger charge is 2.21. The Morgan fingerprint density at radius 2 is 2.28 bits per heavy atom. The van der Waals surface area contributed by atoms with Gasteiger partial charge in [-0.15, -0.1) is 0 Å². The van der Waals surface area contributed by atoms with E-state index in [1.807, 2.05) is 0 Å². The number of nitrogens with zero attached hydrogens (tertiary/aromatic N) is 1. The van der Waals surface area contributed by atoms with Crippen molar-refractivity contribution in [2.75, 3.05) is 0 Å². The highest BCUT2D eigenvalue weighted by molar-refractivity contribution is 9.10. The second-order valence-corrected chi connectivity index (χ2v) is 5.25. The normalized spacial score (nSPS) is 15.0. The molecule has 0 aliphatic heterocycles. The molecule has 5 heteroatoms. The van der Waals surface area contributed by atoms with Gasteiger partial charge in [0.05, 0.1) is 12.7 Å². The third-order valence-corrected chi connectivity index (χ3v) is 3.53. The molecule has 1 fully saturated rings. The third kappa shape index (κ3) is 2.62. The Hall–Kier alpha value is -1.20. The van der Waals surface area contributed by atoms with E-state index >= 15 is 0 Å². The van der Waals surface area contributed by atoms with Gasteiger partial charge >= 0.3 is 0 Å². The number of benzene rings is 1. The third-order valence-electron chi connectivity index (χ3n) is 2.87. The second-order valence-electron chi connectivity index (χ2n) is 4.40. The van der Waals surface area contributed by atoms with Crippen molar-refractivity contribution in [2.45, 2.75) is 25.4 Å². The van der Waals surface area contributed by atoms with Crippen LogP contribution in [0, 0.1) is 5.82 Å².